The molecule has 0 fully saturated rings. The number of Topliss-reactive ketones (excluding diaryl/α,β-unsaturated/α-hetero) is 1. The monoisotopic (exact) mass is 264 g/mol. The second kappa shape index (κ2) is 4.31. The van der Waals surface area contributed by atoms with Crippen molar-refractivity contribution in [2.75, 3.05) is 7.11 Å². The van der Waals surface area contributed by atoms with E-state index in [1.165, 1.54) is 7.11 Å². The van der Waals surface area contributed by atoms with E-state index >= 15 is 0 Å². The van der Waals surface area contributed by atoms with Gasteiger partial charge in [-0.2, -0.15) is 0 Å². The summed E-state index contributed by atoms with van der Waals surface area (Å²) < 4.78 is 4.76. The molecule has 1 aliphatic rings. The van der Waals surface area contributed by atoms with Gasteiger partial charge in [0.2, 0.25) is 5.78 Å². The molecule has 1 aliphatic carbocycles. The first-order valence-electron chi connectivity index (χ1n) is 5.58. The third-order valence-electron chi connectivity index (χ3n) is 3.05. The molecule has 100 valence electrons. The zero-order chi connectivity index (χ0) is 14.3. The Kier molecular flexibility index (Phi) is 2.94. The Hall–Kier alpha value is -2.50. The Balaban J connectivity index is 2.86. The number of ether oxygens (including phenoxy) is 1. The number of phenolic OH excluding ortho intramolecular Hbond substituents is 3. The highest BCUT2D eigenvalue weighted by Gasteiger charge is 2.35. The predicted octanol–water partition coefficient (Wildman–Crippen LogP) is 1.28. The van der Waals surface area contributed by atoms with E-state index in [1.54, 1.807) is 6.92 Å². The largest absolute Gasteiger partial charge is 0.507 e. The highest BCUT2D eigenvalue weighted by atomic mass is 16.5. The van der Waals surface area contributed by atoms with Crippen molar-refractivity contribution in [2.24, 2.45) is 0 Å². The van der Waals surface area contributed by atoms with Crippen LogP contribution in [0.15, 0.2) is 11.8 Å². The number of aromatic hydroxyl groups is 3. The zero-order valence-corrected chi connectivity index (χ0v) is 10.4. The SMILES string of the molecule is CCc1c(O)c(O)c2c(c1O)C(=O)C(OC)=CC2=O. The number of fused-ring (bicyclic) bond motifs is 1. The van der Waals surface area contributed by atoms with Crippen molar-refractivity contribution < 1.29 is 29.6 Å². The summed E-state index contributed by atoms with van der Waals surface area (Å²) in [5.74, 6) is -3.44. The van der Waals surface area contributed by atoms with Gasteiger partial charge < -0.3 is 20.1 Å². The molecule has 0 spiro atoms. The van der Waals surface area contributed by atoms with Gasteiger partial charge >= 0.3 is 0 Å². The summed E-state index contributed by atoms with van der Waals surface area (Å²) >= 11 is 0. The number of hydrogen-bond acceptors (Lipinski definition) is 6. The standard InChI is InChI=1S/C13H12O6/c1-3-5-10(15)9-8(13(18)11(5)16)6(14)4-7(19-2)12(9)17/h4,15-16,18H,3H2,1-2H3. The summed E-state index contributed by atoms with van der Waals surface area (Å²) in [4.78, 5) is 23.9. The molecule has 0 saturated heterocycles. The second-order valence-corrected chi connectivity index (χ2v) is 4.03. The molecule has 1 aromatic carbocycles. The fourth-order valence-electron chi connectivity index (χ4n) is 2.09. The molecule has 0 aromatic heterocycles. The number of hydrogen-bond donors (Lipinski definition) is 3. The van der Waals surface area contributed by atoms with Crippen LogP contribution < -0.4 is 0 Å². The molecule has 0 bridgehead atoms. The highest BCUT2D eigenvalue weighted by Crippen LogP contribution is 2.45. The molecule has 0 amide bonds. The van der Waals surface area contributed by atoms with Gasteiger partial charge in [-0.05, 0) is 6.42 Å². The molecule has 0 unspecified atom stereocenters. The lowest BCUT2D eigenvalue weighted by molar-refractivity contribution is 0.0911. The van der Waals surface area contributed by atoms with Crippen molar-refractivity contribution in [2.45, 2.75) is 13.3 Å². The Morgan fingerprint density at radius 1 is 1.05 bits per heavy atom. The lowest BCUT2D eigenvalue weighted by atomic mass is 9.88. The quantitative estimate of drug-likeness (QED) is 0.549. The summed E-state index contributed by atoms with van der Waals surface area (Å²) in [6, 6.07) is 0. The van der Waals surface area contributed by atoms with Crippen LogP contribution in [0.5, 0.6) is 17.2 Å². The molecule has 1 aromatic rings. The van der Waals surface area contributed by atoms with E-state index in [4.69, 9.17) is 4.74 Å². The van der Waals surface area contributed by atoms with Crippen LogP contribution in [0.3, 0.4) is 0 Å². The maximum atomic E-state index is 12.0. The topological polar surface area (TPSA) is 104 Å². The smallest absolute Gasteiger partial charge is 0.232 e. The van der Waals surface area contributed by atoms with Gasteiger partial charge in [-0.25, -0.2) is 0 Å². The molecule has 2 rings (SSSR count). The molecular weight excluding hydrogens is 252 g/mol. The molecule has 0 saturated carbocycles. The first kappa shape index (κ1) is 12.9. The van der Waals surface area contributed by atoms with Crippen LogP contribution in [-0.4, -0.2) is 34.0 Å². The minimum absolute atomic E-state index is 0.00903. The van der Waals surface area contributed by atoms with Crippen LogP contribution >= 0.6 is 0 Å². The fourth-order valence-corrected chi connectivity index (χ4v) is 2.09. The first-order chi connectivity index (χ1) is 8.93. The van der Waals surface area contributed by atoms with Crippen molar-refractivity contribution in [3.8, 4) is 17.2 Å². The minimum Gasteiger partial charge on any atom is -0.507 e. The normalized spacial score (nSPS) is 14.1. The molecule has 3 N–H and O–H groups in total. The number of carbonyl (C=O) groups excluding carboxylic acids is 2. The van der Waals surface area contributed by atoms with E-state index in [2.05, 4.69) is 0 Å². The fraction of sp³-hybridized carbons (Fsp3) is 0.231. The van der Waals surface area contributed by atoms with Gasteiger partial charge in [-0.1, -0.05) is 6.92 Å². The summed E-state index contributed by atoms with van der Waals surface area (Å²) in [5.41, 5.74) is -0.732. The van der Waals surface area contributed by atoms with Crippen LogP contribution in [0, 0.1) is 0 Å². The van der Waals surface area contributed by atoms with E-state index in [0.717, 1.165) is 6.08 Å². The lowest BCUT2D eigenvalue weighted by Gasteiger charge is -2.19. The van der Waals surface area contributed by atoms with E-state index in [0.29, 0.717) is 0 Å². The Morgan fingerprint density at radius 2 is 1.68 bits per heavy atom. The molecule has 6 nitrogen and oxygen atoms in total. The number of allylic oxidation sites excluding steroid dienone is 2. The lowest BCUT2D eigenvalue weighted by Crippen LogP contribution is -2.19. The van der Waals surface area contributed by atoms with Gasteiger partial charge in [0.05, 0.1) is 18.2 Å². The van der Waals surface area contributed by atoms with E-state index in [1.807, 2.05) is 0 Å². The van der Waals surface area contributed by atoms with Gasteiger partial charge in [0.15, 0.2) is 23.0 Å². The van der Waals surface area contributed by atoms with E-state index in [-0.39, 0.29) is 23.3 Å². The van der Waals surface area contributed by atoms with Crippen LogP contribution in [0.1, 0.15) is 33.2 Å². The third kappa shape index (κ3) is 1.64. The van der Waals surface area contributed by atoms with Gasteiger partial charge in [0.25, 0.3) is 0 Å². The molecule has 0 atom stereocenters. The summed E-state index contributed by atoms with van der Waals surface area (Å²) in [6.07, 6.45) is 1.10. The van der Waals surface area contributed by atoms with Gasteiger partial charge in [0.1, 0.15) is 5.75 Å². The third-order valence-corrected chi connectivity index (χ3v) is 3.05. The van der Waals surface area contributed by atoms with Crippen molar-refractivity contribution in [1.29, 1.82) is 0 Å². The van der Waals surface area contributed by atoms with Gasteiger partial charge in [0, 0.05) is 11.6 Å². The number of benzene rings is 1. The second-order valence-electron chi connectivity index (χ2n) is 4.03. The highest BCUT2D eigenvalue weighted by molar-refractivity contribution is 6.26. The number of methoxy groups -OCH3 is 1. The molecule has 19 heavy (non-hydrogen) atoms. The maximum absolute atomic E-state index is 12.0. The number of phenols is 3. The Bertz CT molecular complexity index is 627. The van der Waals surface area contributed by atoms with Crippen molar-refractivity contribution in [3.63, 3.8) is 0 Å². The molecule has 0 heterocycles. The van der Waals surface area contributed by atoms with Gasteiger partial charge in [-0.3, -0.25) is 9.59 Å². The minimum atomic E-state index is -0.711. The summed E-state index contributed by atoms with van der Waals surface area (Å²) in [6.45, 7) is 1.63. The van der Waals surface area contributed by atoms with Crippen LogP contribution in [0.4, 0.5) is 0 Å². The van der Waals surface area contributed by atoms with Crippen LogP contribution in [0.25, 0.3) is 0 Å². The van der Waals surface area contributed by atoms with Crippen molar-refractivity contribution >= 4 is 11.6 Å². The Morgan fingerprint density at radius 3 is 2.21 bits per heavy atom. The summed E-state index contributed by atoms with van der Waals surface area (Å²) in [7, 11) is 1.22. The first-order valence-corrected chi connectivity index (χ1v) is 5.58. The van der Waals surface area contributed by atoms with Crippen LogP contribution in [0.2, 0.25) is 0 Å². The average molecular weight is 264 g/mol. The zero-order valence-electron chi connectivity index (χ0n) is 10.4. The van der Waals surface area contributed by atoms with E-state index in [9.17, 15) is 24.9 Å². The number of carbonyl (C=O) groups is 2. The molecule has 0 aliphatic heterocycles. The average Bonchev–Trinajstić information content (AvgIpc) is 2.38. The number of ketones is 2. The van der Waals surface area contributed by atoms with Crippen molar-refractivity contribution in [3.05, 3.63) is 28.5 Å². The molecule has 6 heteroatoms. The number of rotatable bonds is 2. The Labute approximate surface area is 108 Å². The maximum Gasteiger partial charge on any atom is 0.232 e. The predicted molar refractivity (Wildman–Crippen MR) is 64.6 cm³/mol. The van der Waals surface area contributed by atoms with E-state index < -0.39 is 34.4 Å². The molecular formula is C13H12O6. The molecule has 0 radical (unpaired) electrons. The van der Waals surface area contributed by atoms with Crippen molar-refractivity contribution in [1.82, 2.24) is 0 Å². The summed E-state index contributed by atoms with van der Waals surface area (Å²) in [5, 5.41) is 29.6. The van der Waals surface area contributed by atoms with Crippen LogP contribution in [-0.2, 0) is 11.2 Å². The van der Waals surface area contributed by atoms with Gasteiger partial charge in [-0.15, -0.1) is 0 Å².